The highest BCUT2D eigenvalue weighted by atomic mass is 32.2. The van der Waals surface area contributed by atoms with Crippen molar-refractivity contribution in [3.8, 4) is 0 Å². The van der Waals surface area contributed by atoms with Gasteiger partial charge >= 0.3 is 0 Å². The van der Waals surface area contributed by atoms with Crippen molar-refractivity contribution < 1.29 is 28.2 Å². The van der Waals surface area contributed by atoms with Gasteiger partial charge in [0, 0.05) is 6.54 Å². The van der Waals surface area contributed by atoms with Crippen LogP contribution in [0.3, 0.4) is 0 Å². The van der Waals surface area contributed by atoms with E-state index in [-0.39, 0.29) is 29.8 Å². The van der Waals surface area contributed by atoms with Crippen molar-refractivity contribution in [3.05, 3.63) is 35.9 Å². The van der Waals surface area contributed by atoms with Crippen molar-refractivity contribution in [1.82, 2.24) is 15.5 Å². The van der Waals surface area contributed by atoms with Gasteiger partial charge < -0.3 is 25.7 Å². The Kier molecular flexibility index (Phi) is 14.6. The van der Waals surface area contributed by atoms with Gasteiger partial charge in [-0.3, -0.25) is 9.59 Å². The van der Waals surface area contributed by atoms with Crippen molar-refractivity contribution >= 4 is 21.7 Å². The van der Waals surface area contributed by atoms with Gasteiger partial charge in [0.05, 0.1) is 29.6 Å². The van der Waals surface area contributed by atoms with Gasteiger partial charge in [0.15, 0.2) is 9.84 Å². The highest BCUT2D eigenvalue weighted by molar-refractivity contribution is 7.91. The second-order valence-electron chi connectivity index (χ2n) is 14.1. The molecule has 9 nitrogen and oxygen atoms in total. The Balaban J connectivity index is 1.78. The van der Waals surface area contributed by atoms with E-state index < -0.39 is 46.0 Å². The van der Waals surface area contributed by atoms with E-state index in [1.54, 1.807) is 4.90 Å². The Morgan fingerprint density at radius 2 is 1.55 bits per heavy atom. The summed E-state index contributed by atoms with van der Waals surface area (Å²) in [5.74, 6) is -1.18. The Morgan fingerprint density at radius 3 is 2.14 bits per heavy atom. The molecule has 0 spiro atoms. The third kappa shape index (κ3) is 13.2. The Bertz CT molecular complexity index is 1120. The lowest BCUT2D eigenvalue weighted by molar-refractivity contribution is -0.132. The largest absolute Gasteiger partial charge is 0.390 e. The average molecular weight is 636 g/mol. The van der Waals surface area contributed by atoms with Crippen LogP contribution in [0.5, 0.6) is 0 Å². The van der Waals surface area contributed by atoms with Gasteiger partial charge in [-0.25, -0.2) is 8.42 Å². The van der Waals surface area contributed by atoms with Crippen LogP contribution in [0.4, 0.5) is 0 Å². The lowest BCUT2D eigenvalue weighted by Gasteiger charge is -2.34. The van der Waals surface area contributed by atoms with Crippen LogP contribution >= 0.6 is 0 Å². The molecule has 0 radical (unpaired) electrons. The van der Waals surface area contributed by atoms with E-state index in [1.807, 2.05) is 58.3 Å². The summed E-state index contributed by atoms with van der Waals surface area (Å²) in [5.41, 5.74) is 0.855. The quantitative estimate of drug-likeness (QED) is 0.183. The molecule has 1 aromatic carbocycles. The fourth-order valence-electron chi connectivity index (χ4n) is 6.28. The summed E-state index contributed by atoms with van der Waals surface area (Å²) < 4.78 is 26.1. The zero-order valence-electron chi connectivity index (χ0n) is 27.3. The lowest BCUT2D eigenvalue weighted by atomic mass is 9.82. The molecule has 3 rings (SSSR count). The molecule has 0 saturated heterocycles. The van der Waals surface area contributed by atoms with Gasteiger partial charge in [-0.15, -0.1) is 0 Å². The lowest BCUT2D eigenvalue weighted by Crippen LogP contribution is -2.56. The molecule has 1 aromatic rings. The van der Waals surface area contributed by atoms with Gasteiger partial charge in [-0.1, -0.05) is 89.1 Å². The molecule has 10 heteroatoms. The Labute approximate surface area is 265 Å². The van der Waals surface area contributed by atoms with Gasteiger partial charge in [-0.05, 0) is 63.1 Å². The van der Waals surface area contributed by atoms with E-state index in [4.69, 9.17) is 0 Å². The van der Waals surface area contributed by atoms with Crippen LogP contribution in [0.2, 0.25) is 0 Å². The number of carbonyl (C=O) groups is 2. The first kappa shape index (κ1) is 36.5. The first-order valence-electron chi connectivity index (χ1n) is 16.7. The van der Waals surface area contributed by atoms with Crippen LogP contribution in [-0.4, -0.2) is 91.8 Å². The maximum absolute atomic E-state index is 13.8. The molecular formula is C34H57N3O6S. The molecule has 2 aliphatic rings. The number of aliphatic hydroxyl groups excluding tert-OH is 2. The number of rotatable bonds is 19. The summed E-state index contributed by atoms with van der Waals surface area (Å²) in [6.45, 7) is 4.33. The summed E-state index contributed by atoms with van der Waals surface area (Å²) in [6, 6.07) is 7.87. The standard InChI is InChI=1S/C34H57N3O6S/c1-24(2)19-31(38)32(39)29(21-26-13-9-6-10-14-26)35-34(41)30(22-27-15-16-27)36-33(40)28(20-25-11-7-5-8-12-25)23-44(42,43)18-17-37(3)4/h5,7-8,11-12,24,26-32,38-39H,6,9-10,13-23H2,1-4H3,(H,35,41)(H,36,40)/t28?,29-,30-,31-,32+/m1/s1. The second-order valence-corrected chi connectivity index (χ2v) is 16.3. The molecule has 2 fully saturated rings. The molecule has 0 aliphatic heterocycles. The molecular weight excluding hydrogens is 578 g/mol. The van der Waals surface area contributed by atoms with E-state index >= 15 is 0 Å². The Morgan fingerprint density at radius 1 is 0.909 bits per heavy atom. The average Bonchev–Trinajstić information content (AvgIpc) is 3.79. The monoisotopic (exact) mass is 635 g/mol. The van der Waals surface area contributed by atoms with Crippen LogP contribution in [0.25, 0.3) is 0 Å². The van der Waals surface area contributed by atoms with E-state index in [0.29, 0.717) is 37.6 Å². The zero-order valence-corrected chi connectivity index (χ0v) is 28.1. The first-order chi connectivity index (χ1) is 20.8. The molecule has 2 aliphatic carbocycles. The number of aliphatic hydroxyl groups is 2. The van der Waals surface area contributed by atoms with E-state index in [0.717, 1.165) is 44.1 Å². The predicted molar refractivity (Wildman–Crippen MR) is 175 cm³/mol. The number of amides is 2. The molecule has 0 aromatic heterocycles. The molecule has 1 unspecified atom stereocenters. The summed E-state index contributed by atoms with van der Waals surface area (Å²) in [4.78, 5) is 29.4. The smallest absolute Gasteiger partial charge is 0.242 e. The number of nitrogens with one attached hydrogen (secondary N) is 2. The fourth-order valence-corrected chi connectivity index (χ4v) is 7.98. The van der Waals surface area contributed by atoms with Crippen LogP contribution in [0.15, 0.2) is 30.3 Å². The van der Waals surface area contributed by atoms with Crippen LogP contribution in [0.1, 0.15) is 83.6 Å². The summed E-state index contributed by atoms with van der Waals surface area (Å²) >= 11 is 0. The molecule has 4 N–H and O–H groups in total. The van der Waals surface area contributed by atoms with Crippen molar-refractivity contribution in [2.45, 2.75) is 109 Å². The van der Waals surface area contributed by atoms with Crippen molar-refractivity contribution in [1.29, 1.82) is 0 Å². The highest BCUT2D eigenvalue weighted by Crippen LogP contribution is 2.34. The SMILES string of the molecule is CC(C)C[C@@H](O)[C@@H](O)[C@@H](CC1CCCCC1)NC(=O)[C@@H](CC1CC1)NC(=O)C(Cc1ccccc1)CS(=O)(=O)CCN(C)C. The highest BCUT2D eigenvalue weighted by Gasteiger charge is 2.37. The number of sulfone groups is 1. The number of hydrogen-bond acceptors (Lipinski definition) is 7. The van der Waals surface area contributed by atoms with Crippen LogP contribution in [-0.2, 0) is 25.8 Å². The maximum atomic E-state index is 13.8. The number of benzene rings is 1. The third-order valence-corrected chi connectivity index (χ3v) is 10.8. The normalized spacial score (nSPS) is 19.7. The van der Waals surface area contributed by atoms with Crippen molar-refractivity contribution in [2.75, 3.05) is 32.1 Å². The molecule has 0 heterocycles. The van der Waals surface area contributed by atoms with E-state index in [2.05, 4.69) is 10.6 Å². The number of nitrogens with zero attached hydrogens (tertiary/aromatic N) is 1. The summed E-state index contributed by atoms with van der Waals surface area (Å²) in [6.07, 6.45) is 7.08. The Hall–Kier alpha value is -2.01. The zero-order chi connectivity index (χ0) is 32.3. The molecule has 5 atom stereocenters. The van der Waals surface area contributed by atoms with Gasteiger partial charge in [0.25, 0.3) is 0 Å². The number of hydrogen-bond donors (Lipinski definition) is 4. The first-order valence-corrected chi connectivity index (χ1v) is 18.5. The van der Waals surface area contributed by atoms with Gasteiger partial charge in [0.1, 0.15) is 12.1 Å². The predicted octanol–water partition coefficient (Wildman–Crippen LogP) is 3.33. The minimum atomic E-state index is -3.54. The molecule has 2 amide bonds. The van der Waals surface area contributed by atoms with Crippen LogP contribution in [0, 0.1) is 23.7 Å². The molecule has 0 bridgehead atoms. The summed E-state index contributed by atoms with van der Waals surface area (Å²) in [7, 11) is 0.0833. The number of carbonyl (C=O) groups excluding carboxylic acids is 2. The second kappa shape index (κ2) is 17.6. The minimum Gasteiger partial charge on any atom is -0.390 e. The summed E-state index contributed by atoms with van der Waals surface area (Å²) in [5, 5.41) is 28.0. The molecule has 2 saturated carbocycles. The van der Waals surface area contributed by atoms with Gasteiger partial charge in [-0.2, -0.15) is 0 Å². The van der Waals surface area contributed by atoms with Crippen molar-refractivity contribution in [3.63, 3.8) is 0 Å². The topological polar surface area (TPSA) is 136 Å². The van der Waals surface area contributed by atoms with Crippen LogP contribution < -0.4 is 10.6 Å². The third-order valence-electron chi connectivity index (χ3n) is 9.06. The van der Waals surface area contributed by atoms with E-state index in [1.165, 1.54) is 6.42 Å². The van der Waals surface area contributed by atoms with Gasteiger partial charge in [0.2, 0.25) is 11.8 Å². The molecule has 44 heavy (non-hydrogen) atoms. The maximum Gasteiger partial charge on any atom is 0.242 e. The fraction of sp³-hybridized carbons (Fsp3) is 0.765. The molecule has 250 valence electrons. The van der Waals surface area contributed by atoms with E-state index in [9.17, 15) is 28.2 Å². The van der Waals surface area contributed by atoms with Crippen molar-refractivity contribution in [2.24, 2.45) is 23.7 Å². The minimum absolute atomic E-state index is 0.0516.